The van der Waals surface area contributed by atoms with Crippen LogP contribution in [0.3, 0.4) is 0 Å². The lowest BCUT2D eigenvalue weighted by molar-refractivity contribution is -0.135. The first-order valence-electron chi connectivity index (χ1n) is 9.76. The number of ether oxygens (including phenoxy) is 1. The van der Waals surface area contributed by atoms with Gasteiger partial charge in [-0.2, -0.15) is 0 Å². The van der Waals surface area contributed by atoms with E-state index < -0.39 is 0 Å². The highest BCUT2D eigenvalue weighted by Gasteiger charge is 2.32. The fourth-order valence-corrected chi connectivity index (χ4v) is 4.51. The third-order valence-electron chi connectivity index (χ3n) is 6.04. The summed E-state index contributed by atoms with van der Waals surface area (Å²) in [5.41, 5.74) is 9.16. The second kappa shape index (κ2) is 8.33. The predicted molar refractivity (Wildman–Crippen MR) is 101 cm³/mol. The highest BCUT2D eigenvalue weighted by Crippen LogP contribution is 2.35. The molecule has 25 heavy (non-hydrogen) atoms. The van der Waals surface area contributed by atoms with Gasteiger partial charge in [0.05, 0.1) is 18.8 Å². The lowest BCUT2D eigenvalue weighted by Crippen LogP contribution is -2.56. The van der Waals surface area contributed by atoms with Gasteiger partial charge in [-0.15, -0.1) is 0 Å². The summed E-state index contributed by atoms with van der Waals surface area (Å²) in [6.07, 6.45) is 6.85. The maximum atomic E-state index is 11.9. The Hall–Kier alpha value is -1.39. The molecule has 2 atom stereocenters. The van der Waals surface area contributed by atoms with Gasteiger partial charge in [-0.05, 0) is 62.5 Å². The molecule has 138 valence electrons. The highest BCUT2D eigenvalue weighted by molar-refractivity contribution is 5.73. The lowest BCUT2D eigenvalue weighted by atomic mass is 9.81. The van der Waals surface area contributed by atoms with E-state index in [1.807, 2.05) is 4.90 Å². The number of carbonyl (C=O) groups is 1. The molecule has 2 aliphatic rings. The summed E-state index contributed by atoms with van der Waals surface area (Å²) in [5, 5.41) is 0. The van der Waals surface area contributed by atoms with Gasteiger partial charge in [0.1, 0.15) is 0 Å². The summed E-state index contributed by atoms with van der Waals surface area (Å²) >= 11 is 0. The number of hydrogen-bond donors (Lipinski definition) is 1. The Kier molecular flexibility index (Phi) is 6.13. The first-order valence-corrected chi connectivity index (χ1v) is 9.76. The van der Waals surface area contributed by atoms with E-state index in [1.165, 1.54) is 24.0 Å². The minimum Gasteiger partial charge on any atom is -0.376 e. The number of nitrogens with zero attached hydrogens (tertiary/aromatic N) is 1. The summed E-state index contributed by atoms with van der Waals surface area (Å²) in [7, 11) is 0. The first-order chi connectivity index (χ1) is 12.1. The smallest absolute Gasteiger partial charge is 0.219 e. The topological polar surface area (TPSA) is 55.6 Å². The molecule has 0 unspecified atom stereocenters. The van der Waals surface area contributed by atoms with E-state index in [9.17, 15) is 4.79 Å². The molecule has 3 rings (SSSR count). The van der Waals surface area contributed by atoms with Crippen molar-refractivity contribution in [2.45, 2.75) is 76.5 Å². The molecule has 2 N–H and O–H groups in total. The van der Waals surface area contributed by atoms with E-state index in [-0.39, 0.29) is 18.0 Å². The minimum absolute atomic E-state index is 0.0420. The van der Waals surface area contributed by atoms with Crippen molar-refractivity contribution < 1.29 is 9.53 Å². The summed E-state index contributed by atoms with van der Waals surface area (Å²) in [6.45, 7) is 5.24. The third-order valence-corrected chi connectivity index (χ3v) is 6.04. The normalized spacial score (nSPS) is 30.3. The number of piperidine rings is 1. The largest absolute Gasteiger partial charge is 0.376 e. The zero-order valence-corrected chi connectivity index (χ0v) is 15.6. The molecule has 0 radical (unpaired) electrons. The van der Waals surface area contributed by atoms with Crippen LogP contribution in [0.5, 0.6) is 0 Å². The number of nitrogens with two attached hydrogens (primary N) is 1. The van der Waals surface area contributed by atoms with Crippen LogP contribution in [0.1, 0.15) is 62.5 Å². The molecule has 1 aliphatic carbocycles. The molecule has 1 saturated heterocycles. The Labute approximate surface area is 151 Å². The van der Waals surface area contributed by atoms with Crippen molar-refractivity contribution in [1.82, 2.24) is 4.90 Å². The van der Waals surface area contributed by atoms with Crippen molar-refractivity contribution in [1.29, 1.82) is 0 Å². The van der Waals surface area contributed by atoms with E-state index in [0.717, 1.165) is 32.2 Å². The van der Waals surface area contributed by atoms with Gasteiger partial charge in [0.15, 0.2) is 0 Å². The number of benzene rings is 1. The maximum absolute atomic E-state index is 11.9. The quantitative estimate of drug-likeness (QED) is 0.911. The molecule has 1 aromatic carbocycles. The fraction of sp³-hybridized carbons (Fsp3) is 0.667. The number of rotatable bonds is 4. The van der Waals surface area contributed by atoms with Crippen LogP contribution in [0.4, 0.5) is 0 Å². The number of carbonyl (C=O) groups excluding carboxylic acids is 1. The molecule has 1 saturated carbocycles. The van der Waals surface area contributed by atoms with Gasteiger partial charge in [-0.25, -0.2) is 0 Å². The van der Waals surface area contributed by atoms with Gasteiger partial charge in [-0.1, -0.05) is 24.3 Å². The van der Waals surface area contributed by atoms with Gasteiger partial charge >= 0.3 is 0 Å². The maximum Gasteiger partial charge on any atom is 0.219 e. The van der Waals surface area contributed by atoms with Crippen LogP contribution in [-0.4, -0.2) is 42.1 Å². The Morgan fingerprint density at radius 2 is 1.92 bits per heavy atom. The van der Waals surface area contributed by atoms with Crippen LogP contribution in [0.2, 0.25) is 0 Å². The standard InChI is InChI=1S/C21H32N2O2/c1-15-6-3-4-7-19(15)17-9-11-18(12-10-17)25-14-21-20(22)8-5-13-23(21)16(2)24/h3-4,6-7,17-18,20-21H,5,8-14,22H2,1-2H3/t17-,18+,20-,21-/m0/s1. The number of amides is 1. The molecule has 1 aromatic rings. The Balaban J connectivity index is 1.50. The molecule has 0 bridgehead atoms. The minimum atomic E-state index is 0.0420. The van der Waals surface area contributed by atoms with Crippen LogP contribution in [0, 0.1) is 6.92 Å². The Morgan fingerprint density at radius 3 is 2.60 bits per heavy atom. The number of likely N-dealkylation sites (tertiary alicyclic amines) is 1. The Bertz CT molecular complexity index is 581. The molecule has 4 nitrogen and oxygen atoms in total. The predicted octanol–water partition coefficient (Wildman–Crippen LogP) is 3.38. The molecular formula is C21H32N2O2. The summed E-state index contributed by atoms with van der Waals surface area (Å²) < 4.78 is 6.21. The van der Waals surface area contributed by atoms with Crippen LogP contribution in [0.25, 0.3) is 0 Å². The van der Waals surface area contributed by atoms with Crippen molar-refractivity contribution >= 4 is 5.91 Å². The molecule has 1 amide bonds. The van der Waals surface area contributed by atoms with Crippen molar-refractivity contribution in [2.75, 3.05) is 13.2 Å². The monoisotopic (exact) mass is 344 g/mol. The highest BCUT2D eigenvalue weighted by atomic mass is 16.5. The summed E-state index contributed by atoms with van der Waals surface area (Å²) in [6, 6.07) is 8.82. The van der Waals surface area contributed by atoms with Gasteiger partial charge in [0.25, 0.3) is 0 Å². The van der Waals surface area contributed by atoms with Crippen LogP contribution >= 0.6 is 0 Å². The van der Waals surface area contributed by atoms with Crippen molar-refractivity contribution in [3.8, 4) is 0 Å². The number of aryl methyl sites for hydroxylation is 1. The molecule has 1 heterocycles. The zero-order chi connectivity index (χ0) is 17.8. The van der Waals surface area contributed by atoms with Crippen molar-refractivity contribution in [3.05, 3.63) is 35.4 Å². The van der Waals surface area contributed by atoms with E-state index >= 15 is 0 Å². The van der Waals surface area contributed by atoms with Crippen LogP contribution in [0.15, 0.2) is 24.3 Å². The second-order valence-electron chi connectivity index (χ2n) is 7.75. The molecule has 0 aromatic heterocycles. The van der Waals surface area contributed by atoms with Crippen LogP contribution < -0.4 is 5.73 Å². The van der Waals surface area contributed by atoms with Gasteiger partial charge in [-0.3, -0.25) is 4.79 Å². The van der Waals surface area contributed by atoms with E-state index in [4.69, 9.17) is 10.5 Å². The van der Waals surface area contributed by atoms with Gasteiger partial charge in [0, 0.05) is 19.5 Å². The fourth-order valence-electron chi connectivity index (χ4n) is 4.51. The summed E-state index contributed by atoms with van der Waals surface area (Å²) in [4.78, 5) is 13.8. The first kappa shape index (κ1) is 18.4. The SMILES string of the molecule is CC(=O)N1CCC[C@H](N)[C@@H]1CO[C@H]1CC[C@@H](c2ccccc2C)CC1. The molecular weight excluding hydrogens is 312 g/mol. The van der Waals surface area contributed by atoms with E-state index in [1.54, 1.807) is 6.92 Å². The van der Waals surface area contributed by atoms with Crippen molar-refractivity contribution in [3.63, 3.8) is 0 Å². The van der Waals surface area contributed by atoms with Gasteiger partial charge in [0.2, 0.25) is 5.91 Å². The molecule has 1 aliphatic heterocycles. The average Bonchev–Trinajstić information content (AvgIpc) is 2.61. The summed E-state index contributed by atoms with van der Waals surface area (Å²) in [5.74, 6) is 0.777. The van der Waals surface area contributed by atoms with Gasteiger partial charge < -0.3 is 15.4 Å². The second-order valence-corrected chi connectivity index (χ2v) is 7.75. The average molecular weight is 344 g/mol. The molecule has 2 fully saturated rings. The zero-order valence-electron chi connectivity index (χ0n) is 15.6. The lowest BCUT2D eigenvalue weighted by Gasteiger charge is -2.40. The van der Waals surface area contributed by atoms with E-state index in [2.05, 4.69) is 31.2 Å². The van der Waals surface area contributed by atoms with E-state index in [0.29, 0.717) is 18.6 Å². The van der Waals surface area contributed by atoms with Crippen molar-refractivity contribution in [2.24, 2.45) is 5.73 Å². The third kappa shape index (κ3) is 4.42. The van der Waals surface area contributed by atoms with Crippen LogP contribution in [-0.2, 0) is 9.53 Å². The molecule has 0 spiro atoms. The molecule has 4 heteroatoms. The Morgan fingerprint density at radius 1 is 1.20 bits per heavy atom. The number of hydrogen-bond acceptors (Lipinski definition) is 3.